The molecule has 2 rings (SSSR count). The second-order valence-electron chi connectivity index (χ2n) is 3.52. The fourth-order valence-corrected chi connectivity index (χ4v) is 1.98. The Labute approximate surface area is 98.9 Å². The molecule has 0 aliphatic heterocycles. The summed E-state index contributed by atoms with van der Waals surface area (Å²) in [6, 6.07) is 8.08. The van der Waals surface area contributed by atoms with E-state index in [1.54, 1.807) is 6.20 Å². The molecule has 16 heavy (non-hydrogen) atoms. The zero-order valence-electron chi connectivity index (χ0n) is 9.14. The zero-order chi connectivity index (χ0) is 11.4. The molecule has 0 amide bonds. The maximum absolute atomic E-state index is 5.57. The van der Waals surface area contributed by atoms with Crippen LogP contribution in [0.2, 0.25) is 0 Å². The summed E-state index contributed by atoms with van der Waals surface area (Å²) in [5.74, 6) is 0.800. The smallest absolute Gasteiger partial charge is 0.280 e. The summed E-state index contributed by atoms with van der Waals surface area (Å²) < 4.78 is 5.56. The van der Waals surface area contributed by atoms with Crippen LogP contribution >= 0.6 is 11.3 Å². The highest BCUT2D eigenvalue weighted by Crippen LogP contribution is 2.27. The molecule has 0 radical (unpaired) electrons. The number of ether oxygens (including phenoxy) is 1. The number of aromatic nitrogens is 1. The van der Waals surface area contributed by atoms with Gasteiger partial charge in [-0.3, -0.25) is 0 Å². The Bertz CT molecular complexity index is 450. The standard InChI is InChI=1S/C12H14N2OS/c1-2-3-9-4-6-10(7-5-9)15-12-14-8-11(13)16-12/h4-8H,2-3,13H2,1H3. The van der Waals surface area contributed by atoms with Crippen molar-refractivity contribution >= 4 is 16.3 Å². The molecule has 3 nitrogen and oxygen atoms in total. The summed E-state index contributed by atoms with van der Waals surface area (Å²) in [7, 11) is 0. The van der Waals surface area contributed by atoms with Crippen LogP contribution in [0.3, 0.4) is 0 Å². The number of nitrogens with two attached hydrogens (primary N) is 1. The van der Waals surface area contributed by atoms with Gasteiger partial charge in [-0.2, -0.15) is 0 Å². The second kappa shape index (κ2) is 4.99. The molecule has 4 heteroatoms. The lowest BCUT2D eigenvalue weighted by atomic mass is 10.1. The third-order valence-corrected chi connectivity index (χ3v) is 2.87. The summed E-state index contributed by atoms with van der Waals surface area (Å²) in [5.41, 5.74) is 6.90. The van der Waals surface area contributed by atoms with Gasteiger partial charge in [0.05, 0.1) is 6.20 Å². The highest BCUT2D eigenvalue weighted by Gasteiger charge is 2.01. The van der Waals surface area contributed by atoms with E-state index >= 15 is 0 Å². The quantitative estimate of drug-likeness (QED) is 0.881. The van der Waals surface area contributed by atoms with Crippen LogP contribution in [0.4, 0.5) is 5.00 Å². The lowest BCUT2D eigenvalue weighted by molar-refractivity contribution is 0.478. The Hall–Kier alpha value is -1.55. The number of thiazole rings is 1. The van der Waals surface area contributed by atoms with E-state index in [0.29, 0.717) is 10.2 Å². The number of aryl methyl sites for hydroxylation is 1. The second-order valence-corrected chi connectivity index (χ2v) is 4.55. The van der Waals surface area contributed by atoms with Crippen LogP contribution in [0.1, 0.15) is 18.9 Å². The maximum atomic E-state index is 5.57. The predicted molar refractivity (Wildman–Crippen MR) is 67.0 cm³/mol. The van der Waals surface area contributed by atoms with Gasteiger partial charge >= 0.3 is 0 Å². The molecule has 1 heterocycles. The van der Waals surface area contributed by atoms with Crippen molar-refractivity contribution in [2.24, 2.45) is 0 Å². The molecule has 2 aromatic rings. The van der Waals surface area contributed by atoms with Gasteiger partial charge in [0, 0.05) is 0 Å². The molecular formula is C12H14N2OS. The van der Waals surface area contributed by atoms with Gasteiger partial charge in [-0.15, -0.1) is 0 Å². The van der Waals surface area contributed by atoms with Crippen molar-refractivity contribution in [3.8, 4) is 10.9 Å². The summed E-state index contributed by atoms with van der Waals surface area (Å²) in [4.78, 5) is 4.04. The van der Waals surface area contributed by atoms with E-state index in [1.165, 1.54) is 16.9 Å². The molecule has 2 N–H and O–H groups in total. The van der Waals surface area contributed by atoms with Gasteiger partial charge in [-0.1, -0.05) is 36.8 Å². The van der Waals surface area contributed by atoms with Crippen molar-refractivity contribution < 1.29 is 4.74 Å². The number of rotatable bonds is 4. The molecule has 0 fully saturated rings. The Morgan fingerprint density at radius 3 is 2.62 bits per heavy atom. The van der Waals surface area contributed by atoms with Crippen LogP contribution in [-0.4, -0.2) is 4.98 Å². The average Bonchev–Trinajstić information content (AvgIpc) is 2.67. The molecule has 0 spiro atoms. The Balaban J connectivity index is 2.05. The Morgan fingerprint density at radius 1 is 1.31 bits per heavy atom. The molecule has 0 saturated carbocycles. The fraction of sp³-hybridized carbons (Fsp3) is 0.250. The Morgan fingerprint density at radius 2 is 2.06 bits per heavy atom. The lowest BCUT2D eigenvalue weighted by Gasteiger charge is -2.02. The van der Waals surface area contributed by atoms with Gasteiger partial charge in [0.1, 0.15) is 10.8 Å². The van der Waals surface area contributed by atoms with Gasteiger partial charge in [-0.25, -0.2) is 4.98 Å². The highest BCUT2D eigenvalue weighted by atomic mass is 32.1. The maximum Gasteiger partial charge on any atom is 0.280 e. The topological polar surface area (TPSA) is 48.1 Å². The zero-order valence-corrected chi connectivity index (χ0v) is 9.96. The number of nitrogens with zero attached hydrogens (tertiary/aromatic N) is 1. The normalized spacial score (nSPS) is 10.3. The van der Waals surface area contributed by atoms with Crippen molar-refractivity contribution in [3.63, 3.8) is 0 Å². The van der Waals surface area contributed by atoms with Crippen molar-refractivity contribution in [2.45, 2.75) is 19.8 Å². The molecule has 0 aliphatic rings. The monoisotopic (exact) mass is 234 g/mol. The van der Waals surface area contributed by atoms with Crippen LogP contribution in [0.15, 0.2) is 30.5 Å². The van der Waals surface area contributed by atoms with E-state index < -0.39 is 0 Å². The van der Waals surface area contributed by atoms with Crippen LogP contribution in [-0.2, 0) is 6.42 Å². The summed E-state index contributed by atoms with van der Waals surface area (Å²) in [6.45, 7) is 2.17. The van der Waals surface area contributed by atoms with Gasteiger partial charge in [0.15, 0.2) is 0 Å². The van der Waals surface area contributed by atoms with E-state index in [0.717, 1.165) is 18.6 Å². The SMILES string of the molecule is CCCc1ccc(Oc2ncc(N)s2)cc1. The summed E-state index contributed by atoms with van der Waals surface area (Å²) in [5, 5.41) is 1.25. The minimum absolute atomic E-state index is 0.584. The number of hydrogen-bond acceptors (Lipinski definition) is 4. The van der Waals surface area contributed by atoms with Crippen molar-refractivity contribution in [1.29, 1.82) is 0 Å². The van der Waals surface area contributed by atoms with Crippen LogP contribution < -0.4 is 10.5 Å². The minimum atomic E-state index is 0.584. The molecule has 84 valence electrons. The number of benzene rings is 1. The number of nitrogen functional groups attached to an aromatic ring is 1. The highest BCUT2D eigenvalue weighted by molar-refractivity contribution is 7.17. The van der Waals surface area contributed by atoms with Crippen molar-refractivity contribution in [3.05, 3.63) is 36.0 Å². The van der Waals surface area contributed by atoms with E-state index in [4.69, 9.17) is 10.5 Å². The van der Waals surface area contributed by atoms with Crippen molar-refractivity contribution in [2.75, 3.05) is 5.73 Å². The summed E-state index contributed by atoms with van der Waals surface area (Å²) in [6.07, 6.45) is 3.86. The molecule has 0 bridgehead atoms. The molecule has 0 saturated heterocycles. The van der Waals surface area contributed by atoms with Gasteiger partial charge in [-0.05, 0) is 24.1 Å². The first-order chi connectivity index (χ1) is 7.78. The van der Waals surface area contributed by atoms with E-state index in [2.05, 4.69) is 24.0 Å². The molecule has 0 atom stereocenters. The van der Waals surface area contributed by atoms with Gasteiger partial charge in [0.2, 0.25) is 0 Å². The summed E-state index contributed by atoms with van der Waals surface area (Å²) >= 11 is 1.34. The molecule has 0 unspecified atom stereocenters. The lowest BCUT2D eigenvalue weighted by Crippen LogP contribution is -1.85. The molecule has 0 aliphatic carbocycles. The predicted octanol–water partition coefficient (Wildman–Crippen LogP) is 3.47. The van der Waals surface area contributed by atoms with Crippen LogP contribution in [0.25, 0.3) is 0 Å². The van der Waals surface area contributed by atoms with Crippen LogP contribution in [0.5, 0.6) is 10.9 Å². The third-order valence-electron chi connectivity index (χ3n) is 2.17. The van der Waals surface area contributed by atoms with Gasteiger partial charge in [0.25, 0.3) is 5.19 Å². The fourth-order valence-electron chi connectivity index (χ4n) is 1.43. The molecule has 1 aromatic heterocycles. The number of hydrogen-bond donors (Lipinski definition) is 1. The number of anilines is 1. The molecule has 1 aromatic carbocycles. The van der Waals surface area contributed by atoms with E-state index in [9.17, 15) is 0 Å². The van der Waals surface area contributed by atoms with Gasteiger partial charge < -0.3 is 10.5 Å². The average molecular weight is 234 g/mol. The third kappa shape index (κ3) is 2.73. The minimum Gasteiger partial charge on any atom is -0.431 e. The first kappa shape index (κ1) is 11.0. The van der Waals surface area contributed by atoms with Crippen molar-refractivity contribution in [1.82, 2.24) is 4.98 Å². The van der Waals surface area contributed by atoms with Crippen LogP contribution in [0, 0.1) is 0 Å². The first-order valence-electron chi connectivity index (χ1n) is 5.26. The van der Waals surface area contributed by atoms with E-state index in [-0.39, 0.29) is 0 Å². The largest absolute Gasteiger partial charge is 0.431 e. The molecular weight excluding hydrogens is 220 g/mol. The van der Waals surface area contributed by atoms with E-state index in [1.807, 2.05) is 12.1 Å². The first-order valence-corrected chi connectivity index (χ1v) is 6.07. The Kier molecular flexibility index (Phi) is 3.41.